The van der Waals surface area contributed by atoms with E-state index < -0.39 is 19.4 Å². The van der Waals surface area contributed by atoms with E-state index in [1.54, 1.807) is 44.2 Å². The highest BCUT2D eigenvalue weighted by molar-refractivity contribution is 7.54. The van der Waals surface area contributed by atoms with Gasteiger partial charge in [-0.15, -0.1) is 0 Å². The van der Waals surface area contributed by atoms with Gasteiger partial charge in [0.25, 0.3) is 0 Å². The summed E-state index contributed by atoms with van der Waals surface area (Å²) in [5, 5.41) is 0. The SMILES string of the molecule is CCOP(=O)(OCC)[C@@H](C)OC(=O)c1ccccc1. The molecule has 0 unspecified atom stereocenters. The van der Waals surface area contributed by atoms with Crippen molar-refractivity contribution in [3.05, 3.63) is 35.9 Å². The van der Waals surface area contributed by atoms with Gasteiger partial charge in [0.15, 0.2) is 5.85 Å². The first kappa shape index (κ1) is 15.9. The minimum Gasteiger partial charge on any atom is -0.446 e. The van der Waals surface area contributed by atoms with Crippen LogP contribution in [0.25, 0.3) is 0 Å². The molecule has 0 spiro atoms. The molecule has 0 N–H and O–H groups in total. The van der Waals surface area contributed by atoms with E-state index in [1.165, 1.54) is 6.92 Å². The first-order valence-corrected chi connectivity index (χ1v) is 7.79. The van der Waals surface area contributed by atoms with Crippen LogP contribution in [0.2, 0.25) is 0 Å². The number of esters is 1. The van der Waals surface area contributed by atoms with Crippen molar-refractivity contribution < 1.29 is 23.1 Å². The van der Waals surface area contributed by atoms with Crippen LogP contribution in [0, 0.1) is 0 Å². The molecule has 0 aliphatic rings. The summed E-state index contributed by atoms with van der Waals surface area (Å²) in [5.41, 5.74) is 0.397. The van der Waals surface area contributed by atoms with Crippen LogP contribution in [0.1, 0.15) is 31.1 Å². The van der Waals surface area contributed by atoms with Crippen LogP contribution in [-0.4, -0.2) is 25.0 Å². The molecule has 19 heavy (non-hydrogen) atoms. The highest BCUT2D eigenvalue weighted by Crippen LogP contribution is 2.53. The third-order valence-corrected chi connectivity index (χ3v) is 4.58. The lowest BCUT2D eigenvalue weighted by Gasteiger charge is -2.23. The maximum Gasteiger partial charge on any atom is 0.370 e. The molecule has 106 valence electrons. The van der Waals surface area contributed by atoms with Gasteiger partial charge in [-0.05, 0) is 32.9 Å². The fourth-order valence-corrected chi connectivity index (χ4v) is 2.91. The highest BCUT2D eigenvalue weighted by Gasteiger charge is 2.35. The Balaban J connectivity index is 2.74. The first-order chi connectivity index (χ1) is 9.03. The monoisotopic (exact) mass is 286 g/mol. The van der Waals surface area contributed by atoms with Crippen LogP contribution in [0.5, 0.6) is 0 Å². The summed E-state index contributed by atoms with van der Waals surface area (Å²) >= 11 is 0. The summed E-state index contributed by atoms with van der Waals surface area (Å²) < 4.78 is 27.8. The van der Waals surface area contributed by atoms with Crippen molar-refractivity contribution in [3.63, 3.8) is 0 Å². The average molecular weight is 286 g/mol. The third-order valence-electron chi connectivity index (χ3n) is 2.35. The standard InChI is InChI=1S/C13H19O5P/c1-4-16-19(15,17-5-2)11(3)18-13(14)12-9-7-6-8-10-12/h6-11H,4-5H2,1-3H3/t11-/m0/s1. The molecule has 0 aromatic heterocycles. The molecule has 1 aromatic carbocycles. The molecule has 5 nitrogen and oxygen atoms in total. The van der Waals surface area contributed by atoms with Gasteiger partial charge >= 0.3 is 13.6 Å². The Morgan fingerprint density at radius 3 is 2.16 bits per heavy atom. The average Bonchev–Trinajstić information content (AvgIpc) is 2.40. The normalized spacial score (nSPS) is 13.0. The lowest BCUT2D eigenvalue weighted by atomic mass is 10.2. The number of ether oxygens (including phenoxy) is 1. The molecule has 0 heterocycles. The van der Waals surface area contributed by atoms with Crippen molar-refractivity contribution in [2.24, 2.45) is 0 Å². The van der Waals surface area contributed by atoms with E-state index in [2.05, 4.69) is 0 Å². The van der Waals surface area contributed by atoms with Crippen LogP contribution in [0.3, 0.4) is 0 Å². The Morgan fingerprint density at radius 1 is 1.16 bits per heavy atom. The third kappa shape index (κ3) is 4.46. The van der Waals surface area contributed by atoms with Crippen molar-refractivity contribution in [3.8, 4) is 0 Å². The zero-order valence-corrected chi connectivity index (χ0v) is 12.3. The summed E-state index contributed by atoms with van der Waals surface area (Å²) in [7, 11) is -3.43. The molecule has 0 radical (unpaired) electrons. The molecule has 0 bridgehead atoms. The van der Waals surface area contributed by atoms with Gasteiger partial charge in [0.2, 0.25) is 0 Å². The zero-order chi connectivity index (χ0) is 14.3. The minimum absolute atomic E-state index is 0.227. The Bertz CT molecular complexity index is 436. The number of rotatable bonds is 7. The molecule has 0 saturated heterocycles. The molecule has 6 heteroatoms. The molecule has 1 rings (SSSR count). The topological polar surface area (TPSA) is 61.8 Å². The molecular formula is C13H19O5P. The van der Waals surface area contributed by atoms with Gasteiger partial charge in [-0.25, -0.2) is 4.79 Å². The number of benzene rings is 1. The van der Waals surface area contributed by atoms with E-state index in [0.29, 0.717) is 5.56 Å². The second-order valence-electron chi connectivity index (χ2n) is 3.75. The van der Waals surface area contributed by atoms with Crippen molar-refractivity contribution >= 4 is 13.6 Å². The van der Waals surface area contributed by atoms with Crippen molar-refractivity contribution in [2.75, 3.05) is 13.2 Å². The lowest BCUT2D eigenvalue weighted by molar-refractivity contribution is 0.0398. The van der Waals surface area contributed by atoms with Crippen molar-refractivity contribution in [1.29, 1.82) is 0 Å². The van der Waals surface area contributed by atoms with Gasteiger partial charge in [0.05, 0.1) is 18.8 Å². The van der Waals surface area contributed by atoms with E-state index in [4.69, 9.17) is 13.8 Å². The molecule has 0 fully saturated rings. The van der Waals surface area contributed by atoms with E-state index in [9.17, 15) is 9.36 Å². The van der Waals surface area contributed by atoms with Gasteiger partial charge in [0, 0.05) is 0 Å². The Labute approximate surface area is 113 Å². The lowest BCUT2D eigenvalue weighted by Crippen LogP contribution is -2.18. The quantitative estimate of drug-likeness (QED) is 0.567. The molecule has 1 atom stereocenters. The molecule has 0 saturated carbocycles. The van der Waals surface area contributed by atoms with Crippen LogP contribution >= 0.6 is 7.60 Å². The molecule has 0 aliphatic heterocycles. The fourth-order valence-electron chi connectivity index (χ4n) is 1.47. The summed E-state index contributed by atoms with van der Waals surface area (Å²) in [6.07, 6.45) is 0. The Kier molecular flexibility index (Phi) is 6.22. The van der Waals surface area contributed by atoms with Gasteiger partial charge < -0.3 is 13.8 Å². The highest BCUT2D eigenvalue weighted by atomic mass is 31.2. The Hall–Kier alpha value is -1.16. The fraction of sp³-hybridized carbons (Fsp3) is 0.462. The molecule has 0 aliphatic carbocycles. The second kappa shape index (κ2) is 7.43. The van der Waals surface area contributed by atoms with Gasteiger partial charge in [0.1, 0.15) is 0 Å². The van der Waals surface area contributed by atoms with Crippen LogP contribution < -0.4 is 0 Å². The Morgan fingerprint density at radius 2 is 1.68 bits per heavy atom. The van der Waals surface area contributed by atoms with Crippen LogP contribution in [0.4, 0.5) is 0 Å². The van der Waals surface area contributed by atoms with E-state index in [0.717, 1.165) is 0 Å². The molecule has 0 amide bonds. The predicted molar refractivity (Wildman–Crippen MR) is 72.2 cm³/mol. The maximum atomic E-state index is 12.4. The largest absolute Gasteiger partial charge is 0.446 e. The van der Waals surface area contributed by atoms with Gasteiger partial charge in [-0.3, -0.25) is 4.57 Å². The van der Waals surface area contributed by atoms with Gasteiger partial charge in [-0.1, -0.05) is 18.2 Å². The molecule has 1 aromatic rings. The summed E-state index contributed by atoms with van der Waals surface area (Å²) in [6.45, 7) is 5.37. The van der Waals surface area contributed by atoms with E-state index in [1.807, 2.05) is 0 Å². The van der Waals surface area contributed by atoms with Gasteiger partial charge in [-0.2, -0.15) is 0 Å². The first-order valence-electron chi connectivity index (χ1n) is 6.18. The second-order valence-corrected chi connectivity index (χ2v) is 6.07. The predicted octanol–water partition coefficient (Wildman–Crippen LogP) is 3.46. The molecular weight excluding hydrogens is 267 g/mol. The minimum atomic E-state index is -3.43. The summed E-state index contributed by atoms with van der Waals surface area (Å²) in [6, 6.07) is 8.51. The zero-order valence-electron chi connectivity index (χ0n) is 11.4. The van der Waals surface area contributed by atoms with Crippen molar-refractivity contribution in [1.82, 2.24) is 0 Å². The number of hydrogen-bond donors (Lipinski definition) is 0. The maximum absolute atomic E-state index is 12.4. The van der Waals surface area contributed by atoms with Crippen LogP contribution in [-0.2, 0) is 18.3 Å². The smallest absolute Gasteiger partial charge is 0.370 e. The number of carbonyl (C=O) groups is 1. The van der Waals surface area contributed by atoms with E-state index in [-0.39, 0.29) is 13.2 Å². The number of hydrogen-bond acceptors (Lipinski definition) is 5. The van der Waals surface area contributed by atoms with Crippen LogP contribution in [0.15, 0.2) is 30.3 Å². The van der Waals surface area contributed by atoms with E-state index >= 15 is 0 Å². The summed E-state index contributed by atoms with van der Waals surface area (Å²) in [5.74, 6) is -1.49. The summed E-state index contributed by atoms with van der Waals surface area (Å²) in [4.78, 5) is 11.9. The number of carbonyl (C=O) groups excluding carboxylic acids is 1. The van der Waals surface area contributed by atoms with Crippen molar-refractivity contribution in [2.45, 2.75) is 26.6 Å².